The zero-order chi connectivity index (χ0) is 15.2. The van der Waals surface area contributed by atoms with Crippen LogP contribution in [0.5, 0.6) is 0 Å². The van der Waals surface area contributed by atoms with Crippen molar-refractivity contribution in [3.05, 3.63) is 67.8 Å². The van der Waals surface area contributed by atoms with Crippen molar-refractivity contribution >= 4 is 40.1 Å². The number of benzene rings is 2. The van der Waals surface area contributed by atoms with E-state index in [1.165, 1.54) is 18.2 Å². The van der Waals surface area contributed by atoms with E-state index in [-0.39, 0.29) is 12.3 Å². The third-order valence-corrected chi connectivity index (χ3v) is 3.51. The molecular weight excluding hydrogens is 387 g/mol. The van der Waals surface area contributed by atoms with Gasteiger partial charge in [-0.3, -0.25) is 15.4 Å². The zero-order valence-electron chi connectivity index (χ0n) is 10.8. The predicted octanol–water partition coefficient (Wildman–Crippen LogP) is 3.95. The second kappa shape index (κ2) is 7.02. The molecule has 0 aliphatic heterocycles. The van der Waals surface area contributed by atoms with Crippen molar-refractivity contribution in [3.63, 3.8) is 0 Å². The van der Waals surface area contributed by atoms with E-state index in [0.29, 0.717) is 9.26 Å². The van der Waals surface area contributed by atoms with Gasteiger partial charge in [-0.05, 0) is 34.2 Å². The first-order valence-electron chi connectivity index (χ1n) is 5.98. The molecule has 0 aliphatic rings. The molecule has 0 aromatic heterocycles. The fourth-order valence-corrected chi connectivity index (χ4v) is 2.22. The number of nitrogens with zero attached hydrogens (tertiary/aromatic N) is 1. The normalized spacial score (nSPS) is 9.95. The van der Waals surface area contributed by atoms with E-state index in [1.807, 2.05) is 52.9 Å². The smallest absolute Gasteiger partial charge is 0.411 e. The summed E-state index contributed by atoms with van der Waals surface area (Å²) in [6.45, 7) is 0.163. The number of non-ortho nitro benzene ring substituents is 1. The number of nitro benzene ring substituents is 1. The van der Waals surface area contributed by atoms with Gasteiger partial charge in [0.15, 0.2) is 0 Å². The predicted molar refractivity (Wildman–Crippen MR) is 86.1 cm³/mol. The maximum Gasteiger partial charge on any atom is 0.411 e. The standard InChI is InChI=1S/C14H11IN2O4/c15-12-8-11(17(19)20)6-7-13(12)16-14(18)21-9-10-4-2-1-3-5-10/h1-8H,9H2,(H,16,18). The first kappa shape index (κ1) is 15.2. The molecule has 0 unspecified atom stereocenters. The Kier molecular flexibility index (Phi) is 5.09. The number of rotatable bonds is 4. The summed E-state index contributed by atoms with van der Waals surface area (Å²) in [6, 6.07) is 13.5. The van der Waals surface area contributed by atoms with Gasteiger partial charge in [-0.15, -0.1) is 0 Å². The van der Waals surface area contributed by atoms with Crippen LogP contribution in [0.25, 0.3) is 0 Å². The molecule has 0 atom stereocenters. The first-order valence-corrected chi connectivity index (χ1v) is 7.06. The number of amides is 1. The molecule has 0 heterocycles. The number of halogens is 1. The maximum absolute atomic E-state index is 11.7. The molecule has 0 spiro atoms. The number of nitrogens with one attached hydrogen (secondary N) is 1. The highest BCUT2D eigenvalue weighted by molar-refractivity contribution is 14.1. The van der Waals surface area contributed by atoms with Gasteiger partial charge in [0.1, 0.15) is 6.61 Å². The molecule has 2 aromatic carbocycles. The maximum atomic E-state index is 11.7. The quantitative estimate of drug-likeness (QED) is 0.481. The second-order valence-corrected chi connectivity index (χ2v) is 5.27. The number of ether oxygens (including phenoxy) is 1. The van der Waals surface area contributed by atoms with Crippen LogP contribution in [-0.2, 0) is 11.3 Å². The van der Waals surface area contributed by atoms with Gasteiger partial charge >= 0.3 is 6.09 Å². The van der Waals surface area contributed by atoms with E-state index in [9.17, 15) is 14.9 Å². The fourth-order valence-electron chi connectivity index (χ4n) is 1.59. The average Bonchev–Trinajstić information content (AvgIpc) is 2.48. The lowest BCUT2D eigenvalue weighted by atomic mass is 10.2. The van der Waals surface area contributed by atoms with Gasteiger partial charge in [-0.1, -0.05) is 30.3 Å². The minimum absolute atomic E-state index is 0.0254. The van der Waals surface area contributed by atoms with Crippen LogP contribution in [0.3, 0.4) is 0 Å². The topological polar surface area (TPSA) is 81.5 Å². The number of hydrogen-bond donors (Lipinski definition) is 1. The van der Waals surface area contributed by atoms with Crippen LogP contribution < -0.4 is 5.32 Å². The fraction of sp³-hybridized carbons (Fsp3) is 0.0714. The van der Waals surface area contributed by atoms with Gasteiger partial charge < -0.3 is 4.74 Å². The molecule has 1 N–H and O–H groups in total. The van der Waals surface area contributed by atoms with Crippen molar-refractivity contribution < 1.29 is 14.5 Å². The Labute approximate surface area is 134 Å². The molecule has 0 radical (unpaired) electrons. The van der Waals surface area contributed by atoms with Gasteiger partial charge in [0.2, 0.25) is 0 Å². The van der Waals surface area contributed by atoms with Crippen molar-refractivity contribution in [1.82, 2.24) is 0 Å². The Hall–Kier alpha value is -2.16. The number of carbonyl (C=O) groups excluding carboxylic acids is 1. The Morgan fingerprint density at radius 1 is 1.24 bits per heavy atom. The molecule has 0 aliphatic carbocycles. The summed E-state index contributed by atoms with van der Waals surface area (Å²) < 4.78 is 5.65. The molecule has 7 heteroatoms. The van der Waals surface area contributed by atoms with Crippen LogP contribution in [0, 0.1) is 13.7 Å². The monoisotopic (exact) mass is 398 g/mol. The van der Waals surface area contributed by atoms with Crippen LogP contribution >= 0.6 is 22.6 Å². The van der Waals surface area contributed by atoms with Gasteiger partial charge in [-0.2, -0.15) is 0 Å². The van der Waals surface area contributed by atoms with Crippen molar-refractivity contribution in [2.24, 2.45) is 0 Å². The Bertz CT molecular complexity index is 661. The highest BCUT2D eigenvalue weighted by Crippen LogP contribution is 2.23. The van der Waals surface area contributed by atoms with E-state index >= 15 is 0 Å². The molecule has 1 amide bonds. The van der Waals surface area contributed by atoms with Crippen molar-refractivity contribution in [3.8, 4) is 0 Å². The summed E-state index contributed by atoms with van der Waals surface area (Å²) in [4.78, 5) is 21.8. The Morgan fingerprint density at radius 3 is 2.57 bits per heavy atom. The Morgan fingerprint density at radius 2 is 1.95 bits per heavy atom. The second-order valence-electron chi connectivity index (χ2n) is 4.11. The van der Waals surface area contributed by atoms with E-state index in [4.69, 9.17) is 4.74 Å². The highest BCUT2D eigenvalue weighted by Gasteiger charge is 2.11. The number of hydrogen-bond acceptors (Lipinski definition) is 4. The lowest BCUT2D eigenvalue weighted by Gasteiger charge is -2.08. The number of nitro groups is 1. The van der Waals surface area contributed by atoms with Crippen molar-refractivity contribution in [1.29, 1.82) is 0 Å². The summed E-state index contributed by atoms with van der Waals surface area (Å²) in [6.07, 6.45) is -0.606. The van der Waals surface area contributed by atoms with Gasteiger partial charge in [-0.25, -0.2) is 4.79 Å². The largest absolute Gasteiger partial charge is 0.444 e. The van der Waals surface area contributed by atoms with E-state index in [0.717, 1.165) is 5.56 Å². The summed E-state index contributed by atoms with van der Waals surface area (Å²) >= 11 is 1.92. The third kappa shape index (κ3) is 4.42. The summed E-state index contributed by atoms with van der Waals surface area (Å²) in [5.41, 5.74) is 1.33. The molecular formula is C14H11IN2O4. The Balaban J connectivity index is 1.95. The molecule has 2 rings (SSSR count). The molecule has 21 heavy (non-hydrogen) atoms. The summed E-state index contributed by atoms with van der Waals surface area (Å²) in [5, 5.41) is 13.2. The summed E-state index contributed by atoms with van der Waals surface area (Å²) in [5.74, 6) is 0. The van der Waals surface area contributed by atoms with E-state index in [1.54, 1.807) is 0 Å². The molecule has 0 saturated heterocycles. The highest BCUT2D eigenvalue weighted by atomic mass is 127. The van der Waals surface area contributed by atoms with E-state index in [2.05, 4.69) is 5.32 Å². The van der Waals surface area contributed by atoms with Crippen LogP contribution in [-0.4, -0.2) is 11.0 Å². The minimum Gasteiger partial charge on any atom is -0.444 e. The lowest BCUT2D eigenvalue weighted by molar-refractivity contribution is -0.384. The molecule has 0 bridgehead atoms. The van der Waals surface area contributed by atoms with Crippen LogP contribution in [0.4, 0.5) is 16.2 Å². The average molecular weight is 398 g/mol. The van der Waals surface area contributed by atoms with Gasteiger partial charge in [0, 0.05) is 15.7 Å². The molecule has 6 nitrogen and oxygen atoms in total. The lowest BCUT2D eigenvalue weighted by Crippen LogP contribution is -2.14. The SMILES string of the molecule is O=C(Nc1ccc([N+](=O)[O-])cc1I)OCc1ccccc1. The van der Waals surface area contributed by atoms with Crippen molar-refractivity contribution in [2.45, 2.75) is 6.61 Å². The van der Waals surface area contributed by atoms with Crippen molar-refractivity contribution in [2.75, 3.05) is 5.32 Å². The molecule has 108 valence electrons. The number of carbonyl (C=O) groups is 1. The third-order valence-electron chi connectivity index (χ3n) is 2.61. The molecule has 0 saturated carbocycles. The van der Waals surface area contributed by atoms with Gasteiger partial charge in [0.25, 0.3) is 5.69 Å². The minimum atomic E-state index is -0.606. The molecule has 0 fully saturated rings. The zero-order valence-corrected chi connectivity index (χ0v) is 12.9. The van der Waals surface area contributed by atoms with Crippen LogP contribution in [0.2, 0.25) is 0 Å². The van der Waals surface area contributed by atoms with E-state index < -0.39 is 11.0 Å². The summed E-state index contributed by atoms with van der Waals surface area (Å²) in [7, 11) is 0. The molecule has 2 aromatic rings. The first-order chi connectivity index (χ1) is 10.1. The van der Waals surface area contributed by atoms with Crippen LogP contribution in [0.15, 0.2) is 48.5 Å². The van der Waals surface area contributed by atoms with Gasteiger partial charge in [0.05, 0.1) is 10.6 Å². The van der Waals surface area contributed by atoms with Crippen LogP contribution in [0.1, 0.15) is 5.56 Å². The number of anilines is 1.